The molecule has 184 valence electrons. The van der Waals surface area contributed by atoms with Crippen LogP contribution in [0, 0.1) is 0 Å². The van der Waals surface area contributed by atoms with Gasteiger partial charge in [0.25, 0.3) is 0 Å². The highest BCUT2D eigenvalue weighted by Gasteiger charge is 2.18. The van der Waals surface area contributed by atoms with E-state index in [1.807, 2.05) is 49.1 Å². The van der Waals surface area contributed by atoms with E-state index < -0.39 is 6.61 Å². The largest absolute Gasteiger partial charge is 0.433 e. The van der Waals surface area contributed by atoms with Gasteiger partial charge in [0.05, 0.1) is 45.7 Å². The predicted octanol–water partition coefficient (Wildman–Crippen LogP) is 4.37. The molecule has 9 nitrogen and oxygen atoms in total. The van der Waals surface area contributed by atoms with Crippen LogP contribution in [0.15, 0.2) is 48.9 Å². The van der Waals surface area contributed by atoms with Crippen molar-refractivity contribution in [3.05, 3.63) is 53.9 Å². The number of benzene rings is 1. The number of nitrogens with one attached hydrogen (secondary N) is 1. The third-order valence-corrected chi connectivity index (χ3v) is 5.59. The summed E-state index contributed by atoms with van der Waals surface area (Å²) in [6.45, 7) is -1.63. The quantitative estimate of drug-likeness (QED) is 0.326. The van der Waals surface area contributed by atoms with E-state index in [2.05, 4.69) is 20.4 Å². The number of nitrogens with zero attached hydrogens (tertiary/aromatic N) is 6. The molecule has 1 aromatic carbocycles. The van der Waals surface area contributed by atoms with Gasteiger partial charge in [-0.2, -0.15) is 13.9 Å². The Labute approximate surface area is 206 Å². The van der Waals surface area contributed by atoms with Crippen LogP contribution in [0.5, 0.6) is 5.75 Å². The second-order valence-corrected chi connectivity index (χ2v) is 8.52. The van der Waals surface area contributed by atoms with E-state index in [1.54, 1.807) is 16.9 Å². The molecular formula is C23H25ClF2N8O. The summed E-state index contributed by atoms with van der Waals surface area (Å²) in [6, 6.07) is 8.61. The summed E-state index contributed by atoms with van der Waals surface area (Å²) in [5.41, 5.74) is 9.35. The fourth-order valence-corrected chi connectivity index (χ4v) is 3.72. The molecule has 3 heterocycles. The van der Waals surface area contributed by atoms with Crippen LogP contribution < -0.4 is 20.7 Å². The number of anilines is 4. The number of hydrogen-bond donors (Lipinski definition) is 2. The summed E-state index contributed by atoms with van der Waals surface area (Å²) in [5, 5.41) is 7.56. The molecule has 35 heavy (non-hydrogen) atoms. The average Bonchev–Trinajstić information content (AvgIpc) is 3.24. The first-order chi connectivity index (χ1) is 16.7. The van der Waals surface area contributed by atoms with Crippen molar-refractivity contribution in [3.8, 4) is 17.0 Å². The molecule has 0 radical (unpaired) electrons. The molecule has 0 atom stereocenters. The van der Waals surface area contributed by atoms with E-state index in [-0.39, 0.29) is 17.4 Å². The monoisotopic (exact) mass is 502 g/mol. The molecule has 12 heteroatoms. The van der Waals surface area contributed by atoms with Gasteiger partial charge in [-0.3, -0.25) is 0 Å². The number of pyridine rings is 1. The standard InChI is InChI=1S/C23H25ClF2N8O/c1-32(2)8-9-33(3)19-11-20(35-22(25)26)17(10-16(19)27)30-23-28-13-15(24)21(31-23)14-12-29-34-7-5-4-6-18(14)34/h4-7,10-13,22H,8-9,27H2,1-3H3,(H,28,30,31). The topological polar surface area (TPSA) is 96.8 Å². The van der Waals surface area contributed by atoms with Gasteiger partial charge in [-0.1, -0.05) is 17.7 Å². The van der Waals surface area contributed by atoms with Crippen LogP contribution in [0.1, 0.15) is 0 Å². The minimum absolute atomic E-state index is 0.0861. The predicted molar refractivity (Wildman–Crippen MR) is 134 cm³/mol. The summed E-state index contributed by atoms with van der Waals surface area (Å²) in [4.78, 5) is 12.6. The smallest absolute Gasteiger partial charge is 0.387 e. The van der Waals surface area contributed by atoms with Crippen molar-refractivity contribution < 1.29 is 13.5 Å². The van der Waals surface area contributed by atoms with Crippen molar-refractivity contribution in [2.45, 2.75) is 6.61 Å². The Morgan fingerprint density at radius 3 is 2.71 bits per heavy atom. The minimum atomic E-state index is -3.03. The third kappa shape index (κ3) is 5.52. The molecule has 4 aromatic rings. The molecule has 0 unspecified atom stereocenters. The first-order valence-corrected chi connectivity index (χ1v) is 11.1. The van der Waals surface area contributed by atoms with Crippen LogP contribution >= 0.6 is 11.6 Å². The van der Waals surface area contributed by atoms with E-state index in [0.717, 1.165) is 12.1 Å². The van der Waals surface area contributed by atoms with Gasteiger partial charge in [0, 0.05) is 38.0 Å². The Morgan fingerprint density at radius 1 is 1.17 bits per heavy atom. The van der Waals surface area contributed by atoms with Gasteiger partial charge in [-0.25, -0.2) is 14.5 Å². The summed E-state index contributed by atoms with van der Waals surface area (Å²) in [6.07, 6.45) is 4.88. The molecule has 0 fully saturated rings. The van der Waals surface area contributed by atoms with Gasteiger partial charge in [0.15, 0.2) is 5.75 Å². The van der Waals surface area contributed by atoms with Crippen molar-refractivity contribution >= 4 is 40.1 Å². The maximum Gasteiger partial charge on any atom is 0.387 e. The second kappa shape index (κ2) is 10.3. The maximum absolute atomic E-state index is 13.2. The third-order valence-electron chi connectivity index (χ3n) is 5.31. The van der Waals surface area contributed by atoms with E-state index in [4.69, 9.17) is 22.1 Å². The van der Waals surface area contributed by atoms with Crippen molar-refractivity contribution in [2.75, 3.05) is 50.2 Å². The maximum atomic E-state index is 13.2. The Hall–Kier alpha value is -3.70. The van der Waals surface area contributed by atoms with Crippen LogP contribution in [0.3, 0.4) is 0 Å². The molecule has 0 aliphatic heterocycles. The number of hydrogen-bond acceptors (Lipinski definition) is 8. The van der Waals surface area contributed by atoms with Crippen LogP contribution in [0.25, 0.3) is 16.8 Å². The van der Waals surface area contributed by atoms with Crippen molar-refractivity contribution in [1.82, 2.24) is 24.5 Å². The van der Waals surface area contributed by atoms with Gasteiger partial charge in [-0.05, 0) is 32.3 Å². The number of alkyl halides is 2. The Morgan fingerprint density at radius 2 is 1.97 bits per heavy atom. The van der Waals surface area contributed by atoms with Crippen LogP contribution in [-0.4, -0.2) is 65.3 Å². The molecule has 0 amide bonds. The summed E-state index contributed by atoms with van der Waals surface area (Å²) < 4.78 is 32.9. The lowest BCUT2D eigenvalue weighted by molar-refractivity contribution is -0.0493. The number of likely N-dealkylation sites (N-methyl/N-ethyl adjacent to an activating group) is 2. The summed E-state index contributed by atoms with van der Waals surface area (Å²) in [5.74, 6) is 0.0453. The van der Waals surface area contributed by atoms with Gasteiger partial charge in [-0.15, -0.1) is 0 Å². The average molecular weight is 503 g/mol. The molecule has 0 aliphatic rings. The molecule has 3 aromatic heterocycles. The molecule has 0 aliphatic carbocycles. The zero-order chi connectivity index (χ0) is 25.1. The van der Waals surface area contributed by atoms with Gasteiger partial charge < -0.3 is 25.6 Å². The molecular weight excluding hydrogens is 478 g/mol. The zero-order valence-electron chi connectivity index (χ0n) is 19.4. The van der Waals surface area contributed by atoms with Gasteiger partial charge in [0.2, 0.25) is 5.95 Å². The summed E-state index contributed by atoms with van der Waals surface area (Å²) >= 11 is 6.38. The Balaban J connectivity index is 1.69. The second-order valence-electron chi connectivity index (χ2n) is 8.11. The number of ether oxygens (including phenoxy) is 1. The first kappa shape index (κ1) is 24.4. The minimum Gasteiger partial charge on any atom is -0.433 e. The lowest BCUT2D eigenvalue weighted by Gasteiger charge is -2.24. The van der Waals surface area contributed by atoms with E-state index in [0.29, 0.717) is 34.2 Å². The Bertz CT molecular complexity index is 1330. The van der Waals surface area contributed by atoms with Crippen LogP contribution in [0.2, 0.25) is 5.02 Å². The zero-order valence-corrected chi connectivity index (χ0v) is 20.2. The molecule has 4 rings (SSSR count). The molecule has 3 N–H and O–H groups in total. The SMILES string of the molecule is CN(C)CCN(C)c1cc(OC(F)F)c(Nc2ncc(Cl)c(-c3cnn4ccccc34)n2)cc1N. The highest BCUT2D eigenvalue weighted by molar-refractivity contribution is 6.33. The fourth-order valence-electron chi connectivity index (χ4n) is 3.53. The fraction of sp³-hybridized carbons (Fsp3) is 0.261. The van der Waals surface area contributed by atoms with Crippen LogP contribution in [0.4, 0.5) is 31.8 Å². The molecule has 0 spiro atoms. The highest BCUT2D eigenvalue weighted by Crippen LogP contribution is 2.38. The number of nitrogen functional groups attached to an aromatic ring is 1. The number of halogens is 3. The van der Waals surface area contributed by atoms with Gasteiger partial charge >= 0.3 is 6.61 Å². The number of nitrogens with two attached hydrogens (primary N) is 1. The molecule has 0 bridgehead atoms. The van der Waals surface area contributed by atoms with E-state index in [9.17, 15) is 8.78 Å². The van der Waals surface area contributed by atoms with Crippen molar-refractivity contribution in [3.63, 3.8) is 0 Å². The number of fused-ring (bicyclic) bond motifs is 1. The van der Waals surface area contributed by atoms with Gasteiger partial charge in [0.1, 0.15) is 0 Å². The molecule has 0 saturated heterocycles. The van der Waals surface area contributed by atoms with Crippen molar-refractivity contribution in [2.24, 2.45) is 0 Å². The molecule has 0 saturated carbocycles. The highest BCUT2D eigenvalue weighted by atomic mass is 35.5. The Kier molecular flexibility index (Phi) is 7.17. The lowest BCUT2D eigenvalue weighted by Crippen LogP contribution is -2.29. The van der Waals surface area contributed by atoms with E-state index >= 15 is 0 Å². The summed E-state index contributed by atoms with van der Waals surface area (Å²) in [7, 11) is 5.73. The normalized spacial score (nSPS) is 11.4. The van der Waals surface area contributed by atoms with E-state index in [1.165, 1.54) is 18.3 Å². The van der Waals surface area contributed by atoms with Crippen molar-refractivity contribution in [1.29, 1.82) is 0 Å². The lowest BCUT2D eigenvalue weighted by atomic mass is 10.2. The first-order valence-electron chi connectivity index (χ1n) is 10.7. The number of rotatable bonds is 9. The number of aromatic nitrogens is 4. The van der Waals surface area contributed by atoms with Crippen LogP contribution in [-0.2, 0) is 0 Å².